The Labute approximate surface area is 190 Å². The van der Waals surface area contributed by atoms with Crippen LogP contribution in [-0.4, -0.2) is 30.5 Å². The Morgan fingerprint density at radius 2 is 1.67 bits per heavy atom. The number of nitrogens with zero attached hydrogens (tertiary/aromatic N) is 5. The molecule has 1 aliphatic rings. The number of anilines is 1. The van der Waals surface area contributed by atoms with Crippen LogP contribution >= 0.6 is 0 Å². The van der Waals surface area contributed by atoms with Crippen LogP contribution < -0.4 is 5.32 Å². The van der Waals surface area contributed by atoms with Crippen molar-refractivity contribution in [3.05, 3.63) is 90.3 Å². The van der Waals surface area contributed by atoms with Gasteiger partial charge in [-0.15, -0.1) is 5.10 Å². The van der Waals surface area contributed by atoms with E-state index in [1.807, 2.05) is 79.8 Å². The monoisotopic (exact) mass is 434 g/mol. The van der Waals surface area contributed by atoms with E-state index in [1.54, 1.807) is 4.68 Å². The van der Waals surface area contributed by atoms with Gasteiger partial charge in [-0.3, -0.25) is 4.79 Å². The van der Waals surface area contributed by atoms with Crippen LogP contribution in [0.5, 0.6) is 0 Å². The molecule has 33 heavy (non-hydrogen) atoms. The molecule has 7 heteroatoms. The standard InChI is InChI=1S/C26H22N6O/c1-31-22-10-6-5-9-21(22)28-25(31)18-13-15-19(16-14-18)27-26(33)23-24(17-11-12-17)32(30-29-23)20-7-3-2-4-8-20/h2-10,13-17H,11-12H2,1H3,(H,27,33). The summed E-state index contributed by atoms with van der Waals surface area (Å²) in [7, 11) is 2.01. The van der Waals surface area contributed by atoms with Crippen molar-refractivity contribution in [3.63, 3.8) is 0 Å². The van der Waals surface area contributed by atoms with Gasteiger partial charge in [-0.1, -0.05) is 35.5 Å². The fourth-order valence-corrected chi connectivity index (χ4v) is 4.23. The van der Waals surface area contributed by atoms with E-state index in [4.69, 9.17) is 4.98 Å². The molecule has 2 heterocycles. The zero-order valence-corrected chi connectivity index (χ0v) is 18.1. The van der Waals surface area contributed by atoms with Crippen LogP contribution in [0.2, 0.25) is 0 Å². The van der Waals surface area contributed by atoms with E-state index >= 15 is 0 Å². The third-order valence-electron chi connectivity index (χ3n) is 6.07. The van der Waals surface area contributed by atoms with Gasteiger partial charge in [0.1, 0.15) is 5.82 Å². The molecule has 5 aromatic rings. The van der Waals surface area contributed by atoms with Gasteiger partial charge in [0.25, 0.3) is 5.91 Å². The van der Waals surface area contributed by atoms with Gasteiger partial charge in [-0.05, 0) is 61.4 Å². The molecule has 162 valence electrons. The Morgan fingerprint density at radius 3 is 2.39 bits per heavy atom. The third kappa shape index (κ3) is 3.47. The number of carbonyl (C=O) groups is 1. The highest BCUT2D eigenvalue weighted by molar-refractivity contribution is 6.04. The van der Waals surface area contributed by atoms with E-state index < -0.39 is 0 Å². The Bertz CT molecular complexity index is 1460. The fourth-order valence-electron chi connectivity index (χ4n) is 4.23. The number of nitrogens with one attached hydrogen (secondary N) is 1. The zero-order chi connectivity index (χ0) is 22.4. The Kier molecular flexibility index (Phi) is 4.54. The number of fused-ring (bicyclic) bond motifs is 1. The molecule has 1 aliphatic carbocycles. The van der Waals surface area contributed by atoms with Crippen molar-refractivity contribution in [2.75, 3.05) is 5.32 Å². The highest BCUT2D eigenvalue weighted by Gasteiger charge is 2.34. The van der Waals surface area contributed by atoms with Crippen LogP contribution in [0.15, 0.2) is 78.9 Å². The number of aryl methyl sites for hydroxylation is 1. The predicted molar refractivity (Wildman–Crippen MR) is 127 cm³/mol. The summed E-state index contributed by atoms with van der Waals surface area (Å²) >= 11 is 0. The summed E-state index contributed by atoms with van der Waals surface area (Å²) in [5.74, 6) is 0.964. The SMILES string of the molecule is Cn1c(-c2ccc(NC(=O)c3nnn(-c4ccccc4)c3C3CC3)cc2)nc2ccccc21. The summed E-state index contributed by atoms with van der Waals surface area (Å²) in [6, 6.07) is 25.6. The maximum absolute atomic E-state index is 13.1. The van der Waals surface area contributed by atoms with Gasteiger partial charge >= 0.3 is 0 Å². The fraction of sp³-hybridized carbons (Fsp3) is 0.154. The average Bonchev–Trinajstić information content (AvgIpc) is 3.51. The minimum atomic E-state index is -0.241. The number of para-hydroxylation sites is 3. The molecule has 1 amide bonds. The van der Waals surface area contributed by atoms with Gasteiger partial charge in [0.15, 0.2) is 5.69 Å². The lowest BCUT2D eigenvalue weighted by Gasteiger charge is -2.08. The molecule has 0 aliphatic heterocycles. The molecule has 2 aromatic heterocycles. The summed E-state index contributed by atoms with van der Waals surface area (Å²) in [4.78, 5) is 17.8. The lowest BCUT2D eigenvalue weighted by Crippen LogP contribution is -2.15. The molecular weight excluding hydrogens is 412 g/mol. The molecule has 6 rings (SSSR count). The number of carbonyl (C=O) groups excluding carboxylic acids is 1. The van der Waals surface area contributed by atoms with Gasteiger partial charge in [0.2, 0.25) is 0 Å². The molecule has 3 aromatic carbocycles. The zero-order valence-electron chi connectivity index (χ0n) is 18.1. The summed E-state index contributed by atoms with van der Waals surface area (Å²) in [6.45, 7) is 0. The predicted octanol–water partition coefficient (Wildman–Crippen LogP) is 4.95. The summed E-state index contributed by atoms with van der Waals surface area (Å²) in [6.07, 6.45) is 2.10. The van der Waals surface area contributed by atoms with Crippen molar-refractivity contribution in [3.8, 4) is 17.1 Å². The van der Waals surface area contributed by atoms with Crippen LogP contribution in [-0.2, 0) is 7.05 Å². The smallest absolute Gasteiger partial charge is 0.278 e. The number of hydrogen-bond acceptors (Lipinski definition) is 4. The lowest BCUT2D eigenvalue weighted by atomic mass is 10.1. The number of hydrogen-bond donors (Lipinski definition) is 1. The Hall–Kier alpha value is -4.26. The largest absolute Gasteiger partial charge is 0.327 e. The highest BCUT2D eigenvalue weighted by Crippen LogP contribution is 2.42. The lowest BCUT2D eigenvalue weighted by molar-refractivity contribution is 0.102. The number of imidazole rings is 1. The van der Waals surface area contributed by atoms with Gasteiger partial charge in [0.05, 0.1) is 22.4 Å². The van der Waals surface area contributed by atoms with E-state index in [0.29, 0.717) is 17.3 Å². The van der Waals surface area contributed by atoms with Gasteiger partial charge < -0.3 is 9.88 Å². The number of aromatic nitrogens is 5. The molecule has 1 fully saturated rings. The second-order valence-electron chi connectivity index (χ2n) is 8.36. The Morgan fingerprint density at radius 1 is 0.939 bits per heavy atom. The summed E-state index contributed by atoms with van der Waals surface area (Å²) < 4.78 is 3.87. The molecule has 0 radical (unpaired) electrons. The molecule has 7 nitrogen and oxygen atoms in total. The maximum Gasteiger partial charge on any atom is 0.278 e. The van der Waals surface area contributed by atoms with Crippen molar-refractivity contribution in [2.45, 2.75) is 18.8 Å². The van der Waals surface area contributed by atoms with Crippen LogP contribution in [0.4, 0.5) is 5.69 Å². The van der Waals surface area contributed by atoms with Crippen LogP contribution in [0.1, 0.15) is 34.9 Å². The quantitative estimate of drug-likeness (QED) is 0.425. The molecule has 0 bridgehead atoms. The minimum Gasteiger partial charge on any atom is -0.327 e. The first-order valence-corrected chi connectivity index (χ1v) is 11.0. The molecule has 0 spiro atoms. The van der Waals surface area contributed by atoms with Gasteiger partial charge in [0, 0.05) is 24.2 Å². The average molecular weight is 435 g/mol. The second-order valence-corrected chi connectivity index (χ2v) is 8.36. The van der Waals surface area contributed by atoms with E-state index in [2.05, 4.69) is 26.3 Å². The van der Waals surface area contributed by atoms with Gasteiger partial charge in [-0.2, -0.15) is 0 Å². The molecule has 1 N–H and O–H groups in total. The van der Waals surface area contributed by atoms with Crippen molar-refractivity contribution in [2.24, 2.45) is 7.05 Å². The van der Waals surface area contributed by atoms with Crippen molar-refractivity contribution in [1.82, 2.24) is 24.5 Å². The maximum atomic E-state index is 13.1. The molecule has 1 saturated carbocycles. The first-order valence-electron chi connectivity index (χ1n) is 11.0. The minimum absolute atomic E-state index is 0.241. The van der Waals surface area contributed by atoms with E-state index in [0.717, 1.165) is 46.6 Å². The third-order valence-corrected chi connectivity index (χ3v) is 6.07. The van der Waals surface area contributed by atoms with E-state index in [9.17, 15) is 4.79 Å². The van der Waals surface area contributed by atoms with Gasteiger partial charge in [-0.25, -0.2) is 9.67 Å². The van der Waals surface area contributed by atoms with Crippen LogP contribution in [0.25, 0.3) is 28.1 Å². The van der Waals surface area contributed by atoms with Crippen LogP contribution in [0.3, 0.4) is 0 Å². The molecule has 0 unspecified atom stereocenters. The number of amides is 1. The molecule has 0 atom stereocenters. The Balaban J connectivity index is 1.26. The molecule has 0 saturated heterocycles. The van der Waals surface area contributed by atoms with Crippen molar-refractivity contribution in [1.29, 1.82) is 0 Å². The number of benzene rings is 3. The normalized spacial score (nSPS) is 13.4. The first kappa shape index (κ1) is 19.4. The second kappa shape index (κ2) is 7.70. The van der Waals surface area contributed by atoms with Crippen molar-refractivity contribution < 1.29 is 4.79 Å². The highest BCUT2D eigenvalue weighted by atomic mass is 16.2. The van der Waals surface area contributed by atoms with E-state index in [-0.39, 0.29) is 5.91 Å². The van der Waals surface area contributed by atoms with Crippen LogP contribution in [0, 0.1) is 0 Å². The number of rotatable bonds is 5. The van der Waals surface area contributed by atoms with E-state index in [1.165, 1.54) is 0 Å². The first-order chi connectivity index (χ1) is 16.2. The molecular formula is C26H22N6O. The summed E-state index contributed by atoms with van der Waals surface area (Å²) in [5, 5.41) is 11.5. The summed E-state index contributed by atoms with van der Waals surface area (Å²) in [5.41, 5.74) is 5.92. The topological polar surface area (TPSA) is 77.6 Å². The van der Waals surface area contributed by atoms with Crippen molar-refractivity contribution >= 4 is 22.6 Å².